The highest BCUT2D eigenvalue weighted by Gasteiger charge is 2.18. The van der Waals surface area contributed by atoms with Gasteiger partial charge < -0.3 is 14.4 Å². The third kappa shape index (κ3) is 3.66. The fraction of sp³-hybridized carbons (Fsp3) is 0.250. The number of amides is 1. The van der Waals surface area contributed by atoms with E-state index in [1.165, 1.54) is 0 Å². The van der Waals surface area contributed by atoms with Crippen molar-refractivity contribution >= 4 is 50.1 Å². The van der Waals surface area contributed by atoms with E-state index in [0.717, 1.165) is 29.8 Å². The Labute approximate surface area is 170 Å². The van der Waals surface area contributed by atoms with Crippen LogP contribution >= 0.6 is 33.9 Å². The maximum Gasteiger partial charge on any atom is 0.415 e. The molecule has 0 atom stereocenters. The molecule has 1 amide bonds. The summed E-state index contributed by atoms with van der Waals surface area (Å²) in [4.78, 5) is 15.2. The Kier molecular flexibility index (Phi) is 6.03. The molecule has 136 valence electrons. The second-order valence-electron chi connectivity index (χ2n) is 5.65. The SMILES string of the molecule is CCN(CC)C(=O)Oc1cccc2c(I)c(-c3ccc(OC)cc3)sc12. The fourth-order valence-corrected chi connectivity index (χ4v) is 5.13. The lowest BCUT2D eigenvalue weighted by Crippen LogP contribution is -2.33. The molecule has 1 aromatic heterocycles. The molecule has 4 nitrogen and oxygen atoms in total. The van der Waals surface area contributed by atoms with Gasteiger partial charge in [-0.3, -0.25) is 0 Å². The molecule has 1 heterocycles. The molecule has 0 saturated heterocycles. The van der Waals surface area contributed by atoms with Crippen molar-refractivity contribution in [3.05, 3.63) is 46.0 Å². The van der Waals surface area contributed by atoms with Crippen LogP contribution in [0.2, 0.25) is 0 Å². The van der Waals surface area contributed by atoms with Gasteiger partial charge in [0, 0.05) is 26.9 Å². The molecule has 0 radical (unpaired) electrons. The number of methoxy groups -OCH3 is 1. The number of carbonyl (C=O) groups excluding carboxylic acids is 1. The largest absolute Gasteiger partial charge is 0.497 e. The van der Waals surface area contributed by atoms with Crippen LogP contribution in [0, 0.1) is 3.57 Å². The van der Waals surface area contributed by atoms with Crippen molar-refractivity contribution < 1.29 is 14.3 Å². The van der Waals surface area contributed by atoms with Crippen molar-refractivity contribution in [2.45, 2.75) is 13.8 Å². The molecule has 3 rings (SSSR count). The number of halogens is 1. The van der Waals surface area contributed by atoms with Gasteiger partial charge in [-0.05, 0) is 72.3 Å². The van der Waals surface area contributed by atoms with Gasteiger partial charge in [0.15, 0.2) is 5.75 Å². The fourth-order valence-electron chi connectivity index (χ4n) is 2.71. The van der Waals surface area contributed by atoms with Gasteiger partial charge in [0.1, 0.15) is 5.75 Å². The molecule has 0 bridgehead atoms. The summed E-state index contributed by atoms with van der Waals surface area (Å²) in [6.45, 7) is 5.15. The van der Waals surface area contributed by atoms with Gasteiger partial charge in [-0.2, -0.15) is 0 Å². The van der Waals surface area contributed by atoms with Crippen LogP contribution in [0.15, 0.2) is 42.5 Å². The first-order chi connectivity index (χ1) is 12.6. The number of hydrogen-bond acceptors (Lipinski definition) is 4. The molecular formula is C20H20INO3S. The van der Waals surface area contributed by atoms with Gasteiger partial charge in [0.05, 0.1) is 11.8 Å². The molecule has 6 heteroatoms. The van der Waals surface area contributed by atoms with Gasteiger partial charge >= 0.3 is 6.09 Å². The number of benzene rings is 2. The van der Waals surface area contributed by atoms with Crippen molar-refractivity contribution in [3.8, 4) is 21.9 Å². The van der Waals surface area contributed by atoms with E-state index in [2.05, 4.69) is 28.7 Å². The van der Waals surface area contributed by atoms with Crippen LogP contribution in [0.5, 0.6) is 11.5 Å². The summed E-state index contributed by atoms with van der Waals surface area (Å²) in [5.74, 6) is 1.45. The van der Waals surface area contributed by atoms with E-state index in [4.69, 9.17) is 9.47 Å². The van der Waals surface area contributed by atoms with E-state index >= 15 is 0 Å². The molecule has 0 aliphatic carbocycles. The number of ether oxygens (including phenoxy) is 2. The molecule has 0 unspecified atom stereocenters. The Morgan fingerprint density at radius 3 is 2.42 bits per heavy atom. The second kappa shape index (κ2) is 8.26. The maximum absolute atomic E-state index is 12.3. The molecule has 2 aromatic carbocycles. The number of thiophene rings is 1. The van der Waals surface area contributed by atoms with Crippen LogP contribution in [0.4, 0.5) is 4.79 Å². The third-order valence-corrected chi connectivity index (χ3v) is 6.95. The zero-order valence-electron chi connectivity index (χ0n) is 14.9. The molecule has 0 aliphatic rings. The molecule has 26 heavy (non-hydrogen) atoms. The van der Waals surface area contributed by atoms with E-state index < -0.39 is 0 Å². The zero-order valence-corrected chi connectivity index (χ0v) is 17.9. The standard InChI is InChI=1S/C20H20INO3S/c1-4-22(5-2)20(23)25-16-8-6-7-15-17(21)18(26-19(15)16)13-9-11-14(24-3)12-10-13/h6-12H,4-5H2,1-3H3. The first kappa shape index (κ1) is 19.0. The smallest absolute Gasteiger partial charge is 0.415 e. The Bertz CT molecular complexity index is 917. The number of rotatable bonds is 5. The lowest BCUT2D eigenvalue weighted by Gasteiger charge is -2.18. The van der Waals surface area contributed by atoms with Gasteiger partial charge in [-0.15, -0.1) is 11.3 Å². The normalized spacial score (nSPS) is 10.8. The Morgan fingerprint density at radius 2 is 1.81 bits per heavy atom. The molecule has 0 spiro atoms. The van der Waals surface area contributed by atoms with Crippen molar-refractivity contribution in [2.75, 3.05) is 20.2 Å². The quantitative estimate of drug-likeness (QED) is 0.419. The van der Waals surface area contributed by atoms with Crippen molar-refractivity contribution in [1.29, 1.82) is 0 Å². The number of carbonyl (C=O) groups is 1. The molecule has 0 N–H and O–H groups in total. The minimum absolute atomic E-state index is 0.308. The van der Waals surface area contributed by atoms with Crippen LogP contribution in [-0.2, 0) is 0 Å². The van der Waals surface area contributed by atoms with Crippen LogP contribution in [0.1, 0.15) is 13.8 Å². The highest BCUT2D eigenvalue weighted by atomic mass is 127. The van der Waals surface area contributed by atoms with Crippen LogP contribution in [0.25, 0.3) is 20.5 Å². The molecule has 0 aliphatic heterocycles. The zero-order chi connectivity index (χ0) is 18.7. The Balaban J connectivity index is 2.01. The molecule has 0 fully saturated rings. The average Bonchev–Trinajstić information content (AvgIpc) is 3.01. The van der Waals surface area contributed by atoms with Gasteiger partial charge in [-0.25, -0.2) is 4.79 Å². The monoisotopic (exact) mass is 481 g/mol. The van der Waals surface area contributed by atoms with Crippen LogP contribution in [0.3, 0.4) is 0 Å². The van der Waals surface area contributed by atoms with Gasteiger partial charge in [-0.1, -0.05) is 12.1 Å². The van der Waals surface area contributed by atoms with E-state index in [1.807, 2.05) is 50.2 Å². The highest BCUT2D eigenvalue weighted by molar-refractivity contribution is 14.1. The molecule has 0 saturated carbocycles. The predicted molar refractivity (Wildman–Crippen MR) is 115 cm³/mol. The summed E-state index contributed by atoms with van der Waals surface area (Å²) in [7, 11) is 1.66. The van der Waals surface area contributed by atoms with E-state index in [1.54, 1.807) is 23.3 Å². The summed E-state index contributed by atoms with van der Waals surface area (Å²) < 4.78 is 13.1. The maximum atomic E-state index is 12.3. The molecule has 3 aromatic rings. The van der Waals surface area contributed by atoms with E-state index in [-0.39, 0.29) is 6.09 Å². The third-order valence-electron chi connectivity index (χ3n) is 4.19. The Morgan fingerprint density at radius 1 is 1.12 bits per heavy atom. The summed E-state index contributed by atoms with van der Waals surface area (Å²) >= 11 is 4.00. The van der Waals surface area contributed by atoms with Gasteiger partial charge in [0.25, 0.3) is 0 Å². The average molecular weight is 481 g/mol. The van der Waals surface area contributed by atoms with Crippen molar-refractivity contribution in [1.82, 2.24) is 4.90 Å². The van der Waals surface area contributed by atoms with Crippen molar-refractivity contribution in [2.24, 2.45) is 0 Å². The van der Waals surface area contributed by atoms with Crippen molar-refractivity contribution in [3.63, 3.8) is 0 Å². The minimum Gasteiger partial charge on any atom is -0.497 e. The van der Waals surface area contributed by atoms with Crippen LogP contribution in [-0.4, -0.2) is 31.2 Å². The topological polar surface area (TPSA) is 38.8 Å². The predicted octanol–water partition coefficient (Wildman–Crippen LogP) is 6.02. The number of hydrogen-bond donors (Lipinski definition) is 0. The van der Waals surface area contributed by atoms with E-state index in [9.17, 15) is 4.79 Å². The second-order valence-corrected chi connectivity index (χ2v) is 7.75. The lowest BCUT2D eigenvalue weighted by molar-refractivity contribution is 0.158. The van der Waals surface area contributed by atoms with Gasteiger partial charge in [0.2, 0.25) is 0 Å². The number of nitrogens with zero attached hydrogens (tertiary/aromatic N) is 1. The minimum atomic E-state index is -0.308. The lowest BCUT2D eigenvalue weighted by atomic mass is 10.1. The Hall–Kier alpha value is -1.80. The number of fused-ring (bicyclic) bond motifs is 1. The summed E-state index contributed by atoms with van der Waals surface area (Å²) in [6, 6.07) is 13.9. The first-order valence-electron chi connectivity index (χ1n) is 8.41. The summed E-state index contributed by atoms with van der Waals surface area (Å²) in [5.41, 5.74) is 1.12. The van der Waals surface area contributed by atoms with E-state index in [0.29, 0.717) is 18.8 Å². The summed E-state index contributed by atoms with van der Waals surface area (Å²) in [5, 5.41) is 1.10. The first-order valence-corrected chi connectivity index (χ1v) is 10.3. The summed E-state index contributed by atoms with van der Waals surface area (Å²) in [6.07, 6.45) is -0.308. The molecular weight excluding hydrogens is 461 g/mol. The van der Waals surface area contributed by atoms with Crippen LogP contribution < -0.4 is 9.47 Å². The highest BCUT2D eigenvalue weighted by Crippen LogP contribution is 2.43.